The lowest BCUT2D eigenvalue weighted by atomic mass is 10.3. The van der Waals surface area contributed by atoms with Gasteiger partial charge in [0.2, 0.25) is 0 Å². The quantitative estimate of drug-likeness (QED) is 0.705. The van der Waals surface area contributed by atoms with Crippen molar-refractivity contribution in [3.63, 3.8) is 0 Å². The highest BCUT2D eigenvalue weighted by Gasteiger charge is 2.03. The SMILES string of the molecule is Nc1ccccc1-n1cncc1Cl. The van der Waals surface area contributed by atoms with Crippen molar-refractivity contribution < 1.29 is 0 Å². The Bertz CT molecular complexity index is 422. The fourth-order valence-corrected chi connectivity index (χ4v) is 1.35. The predicted octanol–water partition coefficient (Wildman–Crippen LogP) is 2.11. The molecule has 0 amide bonds. The highest BCUT2D eigenvalue weighted by molar-refractivity contribution is 6.29. The van der Waals surface area contributed by atoms with E-state index in [0.29, 0.717) is 10.8 Å². The van der Waals surface area contributed by atoms with Gasteiger partial charge in [0.15, 0.2) is 0 Å². The molecule has 3 nitrogen and oxygen atoms in total. The second-order valence-electron chi connectivity index (χ2n) is 2.65. The summed E-state index contributed by atoms with van der Waals surface area (Å²) in [4.78, 5) is 3.91. The molecular weight excluding hydrogens is 186 g/mol. The summed E-state index contributed by atoms with van der Waals surface area (Å²) in [7, 11) is 0. The van der Waals surface area contributed by atoms with Gasteiger partial charge in [-0.1, -0.05) is 23.7 Å². The van der Waals surface area contributed by atoms with Crippen molar-refractivity contribution in [3.8, 4) is 5.69 Å². The van der Waals surface area contributed by atoms with Gasteiger partial charge in [-0.05, 0) is 12.1 Å². The molecule has 4 heteroatoms. The van der Waals surface area contributed by atoms with Gasteiger partial charge in [-0.2, -0.15) is 0 Å². The molecule has 2 N–H and O–H groups in total. The van der Waals surface area contributed by atoms with E-state index in [1.54, 1.807) is 17.1 Å². The summed E-state index contributed by atoms with van der Waals surface area (Å²) < 4.78 is 1.73. The number of hydrogen-bond donors (Lipinski definition) is 1. The van der Waals surface area contributed by atoms with Crippen LogP contribution in [-0.2, 0) is 0 Å². The number of nitrogens with zero attached hydrogens (tertiary/aromatic N) is 2. The number of anilines is 1. The van der Waals surface area contributed by atoms with Crippen molar-refractivity contribution in [2.75, 3.05) is 5.73 Å². The minimum atomic E-state index is 0.554. The predicted molar refractivity (Wildman–Crippen MR) is 53.0 cm³/mol. The topological polar surface area (TPSA) is 43.8 Å². The number of halogens is 1. The van der Waals surface area contributed by atoms with Crippen molar-refractivity contribution in [2.24, 2.45) is 0 Å². The van der Waals surface area contributed by atoms with Crippen LogP contribution >= 0.6 is 11.6 Å². The first-order valence-corrected chi connectivity index (χ1v) is 4.19. The first-order valence-electron chi connectivity index (χ1n) is 3.82. The van der Waals surface area contributed by atoms with Crippen molar-refractivity contribution >= 4 is 17.3 Å². The van der Waals surface area contributed by atoms with Gasteiger partial charge in [-0.15, -0.1) is 0 Å². The fraction of sp³-hybridized carbons (Fsp3) is 0. The number of benzene rings is 1. The maximum atomic E-state index is 5.89. The van der Waals surface area contributed by atoms with Crippen LogP contribution in [0.1, 0.15) is 0 Å². The van der Waals surface area contributed by atoms with E-state index in [2.05, 4.69) is 4.98 Å². The smallest absolute Gasteiger partial charge is 0.133 e. The van der Waals surface area contributed by atoms with E-state index in [0.717, 1.165) is 5.69 Å². The Kier molecular flexibility index (Phi) is 1.94. The first-order chi connectivity index (χ1) is 6.29. The molecule has 0 radical (unpaired) electrons. The average Bonchev–Trinajstić information content (AvgIpc) is 2.52. The molecule has 0 aliphatic heterocycles. The Labute approximate surface area is 80.8 Å². The third-order valence-corrected chi connectivity index (χ3v) is 2.07. The second-order valence-corrected chi connectivity index (χ2v) is 3.03. The van der Waals surface area contributed by atoms with Gasteiger partial charge in [0.1, 0.15) is 11.5 Å². The van der Waals surface area contributed by atoms with Crippen molar-refractivity contribution in [3.05, 3.63) is 41.9 Å². The molecule has 2 rings (SSSR count). The lowest BCUT2D eigenvalue weighted by molar-refractivity contribution is 1.06. The Morgan fingerprint density at radius 1 is 1.31 bits per heavy atom. The molecule has 1 heterocycles. The van der Waals surface area contributed by atoms with Crippen LogP contribution in [0, 0.1) is 0 Å². The average molecular weight is 194 g/mol. The van der Waals surface area contributed by atoms with E-state index in [4.69, 9.17) is 17.3 Å². The highest BCUT2D eigenvalue weighted by atomic mass is 35.5. The molecular formula is C9H8ClN3. The van der Waals surface area contributed by atoms with Gasteiger partial charge in [0.05, 0.1) is 17.6 Å². The number of imidazole rings is 1. The monoisotopic (exact) mass is 193 g/mol. The number of rotatable bonds is 1. The largest absolute Gasteiger partial charge is 0.397 e. The van der Waals surface area contributed by atoms with E-state index in [1.165, 1.54) is 0 Å². The van der Waals surface area contributed by atoms with Gasteiger partial charge < -0.3 is 5.73 Å². The molecule has 13 heavy (non-hydrogen) atoms. The van der Waals surface area contributed by atoms with E-state index in [1.807, 2.05) is 24.3 Å². The number of para-hydroxylation sites is 2. The zero-order valence-electron chi connectivity index (χ0n) is 6.81. The number of nitrogens with two attached hydrogens (primary N) is 1. The molecule has 1 aromatic carbocycles. The number of aromatic nitrogens is 2. The van der Waals surface area contributed by atoms with Crippen molar-refractivity contribution in [1.29, 1.82) is 0 Å². The number of hydrogen-bond acceptors (Lipinski definition) is 2. The van der Waals surface area contributed by atoms with Crippen molar-refractivity contribution in [2.45, 2.75) is 0 Å². The lowest BCUT2D eigenvalue weighted by Crippen LogP contribution is -1.97. The molecule has 0 atom stereocenters. The molecule has 1 aromatic heterocycles. The summed E-state index contributed by atoms with van der Waals surface area (Å²) in [6.45, 7) is 0. The van der Waals surface area contributed by atoms with Gasteiger partial charge in [0.25, 0.3) is 0 Å². The molecule has 0 bridgehead atoms. The van der Waals surface area contributed by atoms with Crippen LogP contribution in [0.3, 0.4) is 0 Å². The normalized spacial score (nSPS) is 10.2. The van der Waals surface area contributed by atoms with Crippen molar-refractivity contribution in [1.82, 2.24) is 9.55 Å². The van der Waals surface area contributed by atoms with E-state index < -0.39 is 0 Å². The molecule has 66 valence electrons. The molecule has 0 saturated carbocycles. The maximum absolute atomic E-state index is 5.89. The summed E-state index contributed by atoms with van der Waals surface area (Å²) in [5, 5.41) is 0.554. The Morgan fingerprint density at radius 3 is 2.69 bits per heavy atom. The zero-order chi connectivity index (χ0) is 9.26. The van der Waals surface area contributed by atoms with Crippen LogP contribution in [0.5, 0.6) is 0 Å². The summed E-state index contributed by atoms with van der Waals surface area (Å²) >= 11 is 5.89. The van der Waals surface area contributed by atoms with Gasteiger partial charge >= 0.3 is 0 Å². The lowest BCUT2D eigenvalue weighted by Gasteiger charge is -2.06. The highest BCUT2D eigenvalue weighted by Crippen LogP contribution is 2.20. The van der Waals surface area contributed by atoms with Gasteiger partial charge in [-0.3, -0.25) is 4.57 Å². The molecule has 0 aliphatic rings. The fourth-order valence-electron chi connectivity index (χ4n) is 1.16. The number of nitrogen functional groups attached to an aromatic ring is 1. The molecule has 0 spiro atoms. The molecule has 2 aromatic rings. The second kappa shape index (κ2) is 3.11. The van der Waals surface area contributed by atoms with E-state index in [9.17, 15) is 0 Å². The first kappa shape index (κ1) is 8.13. The maximum Gasteiger partial charge on any atom is 0.133 e. The molecule has 0 aliphatic carbocycles. The molecule has 0 fully saturated rings. The summed E-state index contributed by atoms with van der Waals surface area (Å²) in [5.74, 6) is 0. The van der Waals surface area contributed by atoms with Crippen LogP contribution in [0.15, 0.2) is 36.8 Å². The zero-order valence-corrected chi connectivity index (χ0v) is 7.57. The molecule has 0 unspecified atom stereocenters. The molecule has 0 saturated heterocycles. The summed E-state index contributed by atoms with van der Waals surface area (Å²) in [6, 6.07) is 7.50. The van der Waals surface area contributed by atoms with Crippen LogP contribution in [-0.4, -0.2) is 9.55 Å². The van der Waals surface area contributed by atoms with Crippen LogP contribution in [0.4, 0.5) is 5.69 Å². The third kappa shape index (κ3) is 1.38. The Morgan fingerprint density at radius 2 is 2.08 bits per heavy atom. The minimum Gasteiger partial charge on any atom is -0.397 e. The van der Waals surface area contributed by atoms with Crippen LogP contribution in [0.25, 0.3) is 5.69 Å². The standard InChI is InChI=1S/C9H8ClN3/c10-9-5-12-6-13(9)8-4-2-1-3-7(8)11/h1-6H,11H2. The summed E-state index contributed by atoms with van der Waals surface area (Å²) in [5.41, 5.74) is 7.31. The Balaban J connectivity index is 2.59. The van der Waals surface area contributed by atoms with E-state index in [-0.39, 0.29) is 0 Å². The van der Waals surface area contributed by atoms with Crippen LogP contribution in [0.2, 0.25) is 5.15 Å². The van der Waals surface area contributed by atoms with E-state index >= 15 is 0 Å². The van der Waals surface area contributed by atoms with Gasteiger partial charge in [-0.25, -0.2) is 4.98 Å². The third-order valence-electron chi connectivity index (χ3n) is 1.79. The van der Waals surface area contributed by atoms with Gasteiger partial charge in [0, 0.05) is 0 Å². The Hall–Kier alpha value is -1.48. The summed E-state index contributed by atoms with van der Waals surface area (Å²) in [6.07, 6.45) is 3.21. The van der Waals surface area contributed by atoms with Crippen LogP contribution < -0.4 is 5.73 Å². The minimum absolute atomic E-state index is 0.554.